The largest absolute Gasteiger partial charge is 0.394 e. The van der Waals surface area contributed by atoms with Gasteiger partial charge in [-0.25, -0.2) is 4.68 Å². The molecule has 5 nitrogen and oxygen atoms in total. The molecule has 1 aliphatic carbocycles. The topological polar surface area (TPSA) is 63.0 Å². The van der Waals surface area contributed by atoms with Gasteiger partial charge in [0.1, 0.15) is 0 Å². The first-order valence-electron chi connectivity index (χ1n) is 5.12. The molecule has 0 radical (unpaired) electrons. The lowest BCUT2D eigenvalue weighted by Crippen LogP contribution is -2.34. The maximum atomic E-state index is 8.69. The number of nitrogens with one attached hydrogen (secondary N) is 1. The number of rotatable bonds is 5. The van der Waals surface area contributed by atoms with E-state index in [4.69, 9.17) is 5.11 Å². The van der Waals surface area contributed by atoms with Gasteiger partial charge in [0.05, 0.1) is 18.8 Å². The molecule has 0 aromatic carbocycles. The molecule has 5 heteroatoms. The lowest BCUT2D eigenvalue weighted by Gasteiger charge is -2.25. The van der Waals surface area contributed by atoms with Crippen molar-refractivity contribution in [3.8, 4) is 0 Å². The quantitative estimate of drug-likeness (QED) is 0.691. The molecular formula is C9H16N4O. The molecule has 1 aliphatic rings. The van der Waals surface area contributed by atoms with E-state index in [1.807, 2.05) is 6.20 Å². The average molecular weight is 196 g/mol. The Morgan fingerprint density at radius 1 is 1.57 bits per heavy atom. The molecule has 1 saturated carbocycles. The lowest BCUT2D eigenvalue weighted by molar-refractivity contribution is 0.268. The Bertz CT molecular complexity index is 282. The van der Waals surface area contributed by atoms with Gasteiger partial charge in [-0.05, 0) is 12.8 Å². The normalized spacial score (nSPS) is 16.9. The Labute approximate surface area is 83.1 Å². The molecule has 1 fully saturated rings. The number of aliphatic hydroxyl groups excluding tert-OH is 1. The Kier molecular flexibility index (Phi) is 3.10. The first kappa shape index (κ1) is 9.61. The van der Waals surface area contributed by atoms with Crippen LogP contribution in [-0.4, -0.2) is 32.7 Å². The van der Waals surface area contributed by atoms with E-state index >= 15 is 0 Å². The fourth-order valence-electron chi connectivity index (χ4n) is 1.49. The number of hydrogen-bond donors (Lipinski definition) is 2. The summed E-state index contributed by atoms with van der Waals surface area (Å²) in [6.45, 7) is 1.42. The van der Waals surface area contributed by atoms with Crippen molar-refractivity contribution in [3.63, 3.8) is 0 Å². The van der Waals surface area contributed by atoms with Crippen LogP contribution in [0.4, 0.5) is 0 Å². The van der Waals surface area contributed by atoms with Crippen LogP contribution < -0.4 is 5.32 Å². The fourth-order valence-corrected chi connectivity index (χ4v) is 1.49. The van der Waals surface area contributed by atoms with Gasteiger partial charge in [-0.1, -0.05) is 11.6 Å². The van der Waals surface area contributed by atoms with Crippen molar-refractivity contribution in [1.29, 1.82) is 0 Å². The van der Waals surface area contributed by atoms with Crippen LogP contribution in [0.5, 0.6) is 0 Å². The van der Waals surface area contributed by atoms with E-state index in [1.54, 1.807) is 4.68 Å². The molecule has 78 valence electrons. The second-order valence-corrected chi connectivity index (χ2v) is 3.71. The summed E-state index contributed by atoms with van der Waals surface area (Å²) in [6, 6.07) is 0.679. The van der Waals surface area contributed by atoms with Crippen molar-refractivity contribution in [2.75, 3.05) is 6.61 Å². The zero-order valence-corrected chi connectivity index (χ0v) is 8.19. The third kappa shape index (κ3) is 2.30. The number of aromatic nitrogens is 3. The molecule has 2 rings (SSSR count). The van der Waals surface area contributed by atoms with Crippen molar-refractivity contribution >= 4 is 0 Å². The van der Waals surface area contributed by atoms with Gasteiger partial charge in [-0.2, -0.15) is 0 Å². The number of hydrogen-bond acceptors (Lipinski definition) is 4. The Balaban J connectivity index is 1.77. The molecule has 0 unspecified atom stereocenters. The summed E-state index contributed by atoms with van der Waals surface area (Å²) in [4.78, 5) is 0. The Morgan fingerprint density at radius 3 is 3.07 bits per heavy atom. The lowest BCUT2D eigenvalue weighted by atomic mass is 9.93. The second-order valence-electron chi connectivity index (χ2n) is 3.71. The molecule has 1 aromatic heterocycles. The highest BCUT2D eigenvalue weighted by Crippen LogP contribution is 2.18. The van der Waals surface area contributed by atoms with Crippen LogP contribution in [0.2, 0.25) is 0 Å². The van der Waals surface area contributed by atoms with Crippen molar-refractivity contribution < 1.29 is 5.11 Å². The van der Waals surface area contributed by atoms with Crippen LogP contribution in [0.3, 0.4) is 0 Å². The highest BCUT2D eigenvalue weighted by molar-refractivity contribution is 4.93. The van der Waals surface area contributed by atoms with E-state index in [9.17, 15) is 0 Å². The predicted molar refractivity (Wildman–Crippen MR) is 51.6 cm³/mol. The molecule has 2 N–H and O–H groups in total. The summed E-state index contributed by atoms with van der Waals surface area (Å²) >= 11 is 0. The third-order valence-corrected chi connectivity index (χ3v) is 2.59. The standard InChI is InChI=1S/C9H16N4O/c14-5-4-13-7-9(11-12-13)6-10-8-2-1-3-8/h7-8,10,14H,1-6H2. The highest BCUT2D eigenvalue weighted by Gasteiger charge is 2.16. The molecule has 0 atom stereocenters. The van der Waals surface area contributed by atoms with Crippen LogP contribution in [0.15, 0.2) is 6.20 Å². The molecule has 0 spiro atoms. The van der Waals surface area contributed by atoms with Crippen LogP contribution in [0, 0.1) is 0 Å². The van der Waals surface area contributed by atoms with Gasteiger partial charge in [0.2, 0.25) is 0 Å². The maximum Gasteiger partial charge on any atom is 0.0964 e. The molecule has 0 bridgehead atoms. The first-order valence-corrected chi connectivity index (χ1v) is 5.12. The third-order valence-electron chi connectivity index (χ3n) is 2.59. The SMILES string of the molecule is OCCn1cc(CNC2CCC2)nn1. The molecule has 0 amide bonds. The second kappa shape index (κ2) is 4.52. The summed E-state index contributed by atoms with van der Waals surface area (Å²) in [7, 11) is 0. The summed E-state index contributed by atoms with van der Waals surface area (Å²) in [5.41, 5.74) is 0.949. The zero-order chi connectivity index (χ0) is 9.80. The first-order chi connectivity index (χ1) is 6.88. The van der Waals surface area contributed by atoms with Gasteiger partial charge in [0, 0.05) is 18.8 Å². The molecular weight excluding hydrogens is 180 g/mol. The highest BCUT2D eigenvalue weighted by atomic mass is 16.3. The van der Waals surface area contributed by atoms with Crippen molar-refractivity contribution in [2.45, 2.75) is 38.4 Å². The summed E-state index contributed by atoms with van der Waals surface area (Å²) in [6.07, 6.45) is 5.78. The minimum atomic E-state index is 0.110. The van der Waals surface area contributed by atoms with E-state index in [0.29, 0.717) is 12.6 Å². The molecule has 0 saturated heterocycles. The monoisotopic (exact) mass is 196 g/mol. The van der Waals surface area contributed by atoms with E-state index < -0.39 is 0 Å². The van der Waals surface area contributed by atoms with Gasteiger partial charge < -0.3 is 10.4 Å². The summed E-state index contributed by atoms with van der Waals surface area (Å²) in [5.74, 6) is 0. The van der Waals surface area contributed by atoms with Crippen LogP contribution >= 0.6 is 0 Å². The molecule has 14 heavy (non-hydrogen) atoms. The fraction of sp³-hybridized carbons (Fsp3) is 0.778. The van der Waals surface area contributed by atoms with Crippen LogP contribution in [-0.2, 0) is 13.1 Å². The van der Waals surface area contributed by atoms with Crippen LogP contribution in [0.1, 0.15) is 25.0 Å². The minimum Gasteiger partial charge on any atom is -0.394 e. The number of aliphatic hydroxyl groups is 1. The van der Waals surface area contributed by atoms with E-state index in [1.165, 1.54) is 19.3 Å². The van der Waals surface area contributed by atoms with Gasteiger partial charge in [0.15, 0.2) is 0 Å². The smallest absolute Gasteiger partial charge is 0.0964 e. The number of nitrogens with zero attached hydrogens (tertiary/aromatic N) is 3. The van der Waals surface area contributed by atoms with E-state index in [-0.39, 0.29) is 6.61 Å². The minimum absolute atomic E-state index is 0.110. The van der Waals surface area contributed by atoms with Gasteiger partial charge in [0.25, 0.3) is 0 Å². The van der Waals surface area contributed by atoms with Crippen LogP contribution in [0.25, 0.3) is 0 Å². The van der Waals surface area contributed by atoms with Gasteiger partial charge in [-0.15, -0.1) is 5.10 Å². The summed E-state index contributed by atoms with van der Waals surface area (Å²) in [5, 5.41) is 20.0. The molecule has 1 aromatic rings. The average Bonchev–Trinajstić information content (AvgIpc) is 2.51. The zero-order valence-electron chi connectivity index (χ0n) is 8.19. The maximum absolute atomic E-state index is 8.69. The van der Waals surface area contributed by atoms with Gasteiger partial charge >= 0.3 is 0 Å². The Hall–Kier alpha value is -0.940. The van der Waals surface area contributed by atoms with Crippen molar-refractivity contribution in [3.05, 3.63) is 11.9 Å². The predicted octanol–water partition coefficient (Wildman–Crippen LogP) is -0.0875. The van der Waals surface area contributed by atoms with Crippen molar-refractivity contribution in [2.24, 2.45) is 0 Å². The van der Waals surface area contributed by atoms with E-state index in [0.717, 1.165) is 12.2 Å². The van der Waals surface area contributed by atoms with Gasteiger partial charge in [-0.3, -0.25) is 0 Å². The molecule has 0 aliphatic heterocycles. The summed E-state index contributed by atoms with van der Waals surface area (Å²) < 4.78 is 1.66. The Morgan fingerprint density at radius 2 is 2.43 bits per heavy atom. The molecule has 1 heterocycles. The van der Waals surface area contributed by atoms with Crippen molar-refractivity contribution in [1.82, 2.24) is 20.3 Å². The van der Waals surface area contributed by atoms with E-state index in [2.05, 4.69) is 15.6 Å².